The molecule has 1 aromatic carbocycles. The average molecular weight is 460 g/mol. The van der Waals surface area contributed by atoms with E-state index in [1.807, 2.05) is 30.5 Å². The van der Waals surface area contributed by atoms with Crippen LogP contribution in [0.25, 0.3) is 9.88 Å². The van der Waals surface area contributed by atoms with Crippen LogP contribution in [0.3, 0.4) is 0 Å². The van der Waals surface area contributed by atoms with Crippen LogP contribution >= 0.6 is 45.6 Å². The number of hydrogen-bond acceptors (Lipinski definition) is 6. The standard InChI is InChI=1S/C20H14ClN3O2S3/c1-11-17(29-20(22-11)15-7-8-16(21)28-15)19(26)24-13-5-2-4-12(10-13)23-18(25)14-6-3-9-27-14/h2-10H,1H3,(H,23,25)(H,24,26). The summed E-state index contributed by atoms with van der Waals surface area (Å²) in [5.41, 5.74) is 1.86. The number of hydrogen-bond donors (Lipinski definition) is 2. The van der Waals surface area contributed by atoms with Crippen molar-refractivity contribution < 1.29 is 9.59 Å². The van der Waals surface area contributed by atoms with Gasteiger partial charge in [-0.15, -0.1) is 34.0 Å². The van der Waals surface area contributed by atoms with Crippen LogP contribution in [-0.4, -0.2) is 16.8 Å². The van der Waals surface area contributed by atoms with Crippen LogP contribution < -0.4 is 10.6 Å². The van der Waals surface area contributed by atoms with Crippen LogP contribution in [0.5, 0.6) is 0 Å². The Labute approximate surface area is 184 Å². The molecule has 0 atom stereocenters. The van der Waals surface area contributed by atoms with E-state index < -0.39 is 0 Å². The first kappa shape index (κ1) is 19.8. The molecular weight excluding hydrogens is 446 g/mol. The van der Waals surface area contributed by atoms with Gasteiger partial charge in [-0.2, -0.15) is 0 Å². The Kier molecular flexibility index (Phi) is 5.77. The molecule has 4 aromatic rings. The van der Waals surface area contributed by atoms with E-state index in [1.165, 1.54) is 34.0 Å². The number of carbonyl (C=O) groups is 2. The molecule has 0 saturated carbocycles. The third-order valence-corrected chi connectivity index (χ3v) is 7.34. The molecular formula is C20H14ClN3O2S3. The van der Waals surface area contributed by atoms with Gasteiger partial charge in [0.2, 0.25) is 0 Å². The SMILES string of the molecule is Cc1nc(-c2ccc(Cl)s2)sc1C(=O)Nc1cccc(NC(=O)c2cccs2)c1. The summed E-state index contributed by atoms with van der Waals surface area (Å²) in [4.78, 5) is 31.6. The van der Waals surface area contributed by atoms with Crippen molar-refractivity contribution >= 4 is 68.8 Å². The summed E-state index contributed by atoms with van der Waals surface area (Å²) in [5.74, 6) is -0.420. The molecule has 29 heavy (non-hydrogen) atoms. The second kappa shape index (κ2) is 8.46. The van der Waals surface area contributed by atoms with E-state index in [1.54, 1.807) is 30.3 Å². The molecule has 0 saturated heterocycles. The van der Waals surface area contributed by atoms with Crippen LogP contribution in [-0.2, 0) is 0 Å². The Bertz CT molecular complexity index is 1180. The number of halogens is 1. The summed E-state index contributed by atoms with van der Waals surface area (Å²) in [6.45, 7) is 1.81. The monoisotopic (exact) mass is 459 g/mol. The van der Waals surface area contributed by atoms with Crippen molar-refractivity contribution in [3.8, 4) is 9.88 Å². The van der Waals surface area contributed by atoms with Gasteiger partial charge in [-0.1, -0.05) is 23.7 Å². The van der Waals surface area contributed by atoms with Crippen LogP contribution in [0.1, 0.15) is 25.0 Å². The van der Waals surface area contributed by atoms with Gasteiger partial charge in [-0.3, -0.25) is 9.59 Å². The fraction of sp³-hybridized carbons (Fsp3) is 0.0500. The molecule has 0 spiro atoms. The number of nitrogens with one attached hydrogen (secondary N) is 2. The zero-order valence-corrected chi connectivity index (χ0v) is 18.3. The fourth-order valence-electron chi connectivity index (χ4n) is 2.60. The topological polar surface area (TPSA) is 71.1 Å². The Balaban J connectivity index is 1.49. The summed E-state index contributed by atoms with van der Waals surface area (Å²) in [7, 11) is 0. The number of nitrogens with zero attached hydrogens (tertiary/aromatic N) is 1. The Morgan fingerprint density at radius 1 is 0.966 bits per heavy atom. The second-order valence-corrected chi connectivity index (χ2v) is 9.67. The zero-order chi connectivity index (χ0) is 20.4. The first-order valence-electron chi connectivity index (χ1n) is 8.49. The van der Waals surface area contributed by atoms with Crippen molar-refractivity contribution in [1.29, 1.82) is 0 Å². The third-order valence-electron chi connectivity index (χ3n) is 3.91. The van der Waals surface area contributed by atoms with Gasteiger partial charge in [0.1, 0.15) is 9.88 Å². The molecule has 5 nitrogen and oxygen atoms in total. The normalized spacial score (nSPS) is 10.7. The molecule has 0 aliphatic carbocycles. The molecule has 4 rings (SSSR count). The van der Waals surface area contributed by atoms with Crippen molar-refractivity contribution in [2.75, 3.05) is 10.6 Å². The maximum absolute atomic E-state index is 12.8. The number of rotatable bonds is 5. The molecule has 0 fully saturated rings. The number of amides is 2. The van der Waals surface area contributed by atoms with Gasteiger partial charge in [0.15, 0.2) is 0 Å². The van der Waals surface area contributed by atoms with Gasteiger partial charge >= 0.3 is 0 Å². The van der Waals surface area contributed by atoms with Gasteiger partial charge in [0, 0.05) is 11.4 Å². The highest BCUT2D eigenvalue weighted by atomic mass is 35.5. The summed E-state index contributed by atoms with van der Waals surface area (Å²) in [6.07, 6.45) is 0. The largest absolute Gasteiger partial charge is 0.321 e. The average Bonchev–Trinajstić information content (AvgIpc) is 3.42. The molecule has 0 aliphatic rings. The molecule has 146 valence electrons. The quantitative estimate of drug-likeness (QED) is 0.362. The lowest BCUT2D eigenvalue weighted by molar-refractivity contribution is 0.102. The Morgan fingerprint density at radius 3 is 2.38 bits per heavy atom. The maximum atomic E-state index is 12.8. The Hall–Kier alpha value is -2.52. The highest BCUT2D eigenvalue weighted by molar-refractivity contribution is 7.24. The minimum atomic E-state index is -0.240. The highest BCUT2D eigenvalue weighted by Gasteiger charge is 2.17. The lowest BCUT2D eigenvalue weighted by Gasteiger charge is -2.08. The minimum Gasteiger partial charge on any atom is -0.321 e. The predicted octanol–water partition coefficient (Wildman–Crippen LogP) is 6.40. The van der Waals surface area contributed by atoms with Crippen molar-refractivity contribution in [2.45, 2.75) is 6.92 Å². The lowest BCUT2D eigenvalue weighted by Crippen LogP contribution is -2.13. The number of benzene rings is 1. The van der Waals surface area contributed by atoms with Gasteiger partial charge in [-0.05, 0) is 48.7 Å². The first-order valence-corrected chi connectivity index (χ1v) is 11.4. The van der Waals surface area contributed by atoms with E-state index in [0.29, 0.717) is 31.2 Å². The van der Waals surface area contributed by atoms with Gasteiger partial charge in [0.25, 0.3) is 11.8 Å². The number of aromatic nitrogens is 1. The number of anilines is 2. The van der Waals surface area contributed by atoms with E-state index in [9.17, 15) is 9.59 Å². The number of aryl methyl sites for hydroxylation is 1. The molecule has 2 amide bonds. The molecule has 2 N–H and O–H groups in total. The second-order valence-electron chi connectivity index (χ2n) is 6.00. The van der Waals surface area contributed by atoms with Crippen LogP contribution in [0.4, 0.5) is 11.4 Å². The maximum Gasteiger partial charge on any atom is 0.267 e. The summed E-state index contributed by atoms with van der Waals surface area (Å²) < 4.78 is 0.681. The van der Waals surface area contributed by atoms with Crippen LogP contribution in [0, 0.1) is 6.92 Å². The first-order chi connectivity index (χ1) is 14.0. The third kappa shape index (κ3) is 4.56. The lowest BCUT2D eigenvalue weighted by atomic mass is 10.2. The van der Waals surface area contributed by atoms with E-state index >= 15 is 0 Å². The molecule has 0 bridgehead atoms. The zero-order valence-electron chi connectivity index (χ0n) is 15.1. The van der Waals surface area contributed by atoms with Gasteiger partial charge in [-0.25, -0.2) is 4.98 Å². The number of carbonyl (C=O) groups excluding carboxylic acids is 2. The van der Waals surface area contributed by atoms with Crippen molar-refractivity contribution in [1.82, 2.24) is 4.98 Å². The van der Waals surface area contributed by atoms with Crippen molar-refractivity contribution in [3.05, 3.63) is 73.7 Å². The highest BCUT2D eigenvalue weighted by Crippen LogP contribution is 2.35. The summed E-state index contributed by atoms with van der Waals surface area (Å²) in [5, 5.41) is 8.33. The van der Waals surface area contributed by atoms with Gasteiger partial charge in [0.05, 0.1) is 19.8 Å². The van der Waals surface area contributed by atoms with Crippen LogP contribution in [0.2, 0.25) is 4.34 Å². The van der Waals surface area contributed by atoms with Gasteiger partial charge < -0.3 is 10.6 Å². The number of thiophene rings is 2. The molecule has 0 radical (unpaired) electrons. The van der Waals surface area contributed by atoms with E-state index in [2.05, 4.69) is 15.6 Å². The van der Waals surface area contributed by atoms with Crippen LogP contribution in [0.15, 0.2) is 53.9 Å². The van der Waals surface area contributed by atoms with E-state index in [4.69, 9.17) is 11.6 Å². The molecule has 0 aliphatic heterocycles. The molecule has 3 aromatic heterocycles. The van der Waals surface area contributed by atoms with Crippen molar-refractivity contribution in [3.63, 3.8) is 0 Å². The predicted molar refractivity (Wildman–Crippen MR) is 122 cm³/mol. The van der Waals surface area contributed by atoms with E-state index in [-0.39, 0.29) is 11.8 Å². The summed E-state index contributed by atoms with van der Waals surface area (Å²) >= 11 is 10.1. The molecule has 3 heterocycles. The molecule has 9 heteroatoms. The van der Waals surface area contributed by atoms with Crippen molar-refractivity contribution in [2.24, 2.45) is 0 Å². The van der Waals surface area contributed by atoms with E-state index in [0.717, 1.165) is 9.88 Å². The Morgan fingerprint density at radius 2 is 1.72 bits per heavy atom. The number of thiazole rings is 1. The molecule has 0 unspecified atom stereocenters. The minimum absolute atomic E-state index is 0.180. The summed E-state index contributed by atoms with van der Waals surface area (Å²) in [6, 6.07) is 14.3. The smallest absolute Gasteiger partial charge is 0.267 e. The fourth-order valence-corrected chi connectivity index (χ4v) is 5.28.